The van der Waals surface area contributed by atoms with Gasteiger partial charge < -0.3 is 14.6 Å². The van der Waals surface area contributed by atoms with E-state index in [4.69, 9.17) is 16.3 Å². The lowest BCUT2D eigenvalue weighted by molar-refractivity contribution is 0.170. The molecule has 0 aliphatic carbocycles. The molecular formula is C23H28ClN3O. The Morgan fingerprint density at radius 1 is 1.11 bits per heavy atom. The van der Waals surface area contributed by atoms with Gasteiger partial charge in [-0.15, -0.1) is 0 Å². The maximum atomic E-state index is 6.31. The van der Waals surface area contributed by atoms with Crippen LogP contribution in [-0.4, -0.2) is 22.2 Å². The van der Waals surface area contributed by atoms with E-state index in [1.54, 1.807) is 6.20 Å². The molecule has 1 heterocycles. The van der Waals surface area contributed by atoms with Gasteiger partial charge in [0.25, 0.3) is 0 Å². The van der Waals surface area contributed by atoms with Crippen LogP contribution in [0.1, 0.15) is 31.7 Å². The molecular weight excluding hydrogens is 370 g/mol. The van der Waals surface area contributed by atoms with E-state index in [9.17, 15) is 0 Å². The van der Waals surface area contributed by atoms with Crippen LogP contribution in [0.3, 0.4) is 0 Å². The van der Waals surface area contributed by atoms with Gasteiger partial charge in [0.05, 0.1) is 12.9 Å². The second kappa shape index (κ2) is 10.8. The van der Waals surface area contributed by atoms with Crippen molar-refractivity contribution < 1.29 is 4.74 Å². The van der Waals surface area contributed by atoms with Crippen molar-refractivity contribution in [3.63, 3.8) is 0 Å². The fourth-order valence-electron chi connectivity index (χ4n) is 3.05. The number of aryl methyl sites for hydroxylation is 1. The number of rotatable bonds is 11. The van der Waals surface area contributed by atoms with Gasteiger partial charge in [0.15, 0.2) is 0 Å². The second-order valence-corrected chi connectivity index (χ2v) is 7.41. The molecule has 0 radical (unpaired) electrons. The first-order chi connectivity index (χ1) is 13.7. The molecule has 0 saturated heterocycles. The molecule has 1 unspecified atom stereocenters. The molecule has 0 amide bonds. The van der Waals surface area contributed by atoms with Crippen molar-refractivity contribution in [2.24, 2.45) is 0 Å². The van der Waals surface area contributed by atoms with Gasteiger partial charge in [0, 0.05) is 29.6 Å². The lowest BCUT2D eigenvalue weighted by atomic mass is 10.1. The van der Waals surface area contributed by atoms with Gasteiger partial charge in [0.1, 0.15) is 11.9 Å². The van der Waals surface area contributed by atoms with Crippen molar-refractivity contribution in [3.05, 3.63) is 77.8 Å². The third-order valence-electron chi connectivity index (χ3n) is 4.66. The van der Waals surface area contributed by atoms with E-state index in [0.29, 0.717) is 0 Å². The van der Waals surface area contributed by atoms with Gasteiger partial charge in [-0.05, 0) is 61.2 Å². The maximum Gasteiger partial charge on any atom is 0.119 e. The first-order valence-corrected chi connectivity index (χ1v) is 10.3. The molecule has 2 aromatic carbocycles. The number of hydrogen-bond acceptors (Lipinski definition) is 3. The summed E-state index contributed by atoms with van der Waals surface area (Å²) in [6.07, 6.45) is 9.88. The minimum atomic E-state index is 0.0591. The SMILES string of the molecule is CCCCNc1ccc(OC(CCc2ccc(Cl)cc2)Cn2ccnc2)cc1. The molecule has 5 heteroatoms. The van der Waals surface area contributed by atoms with Crippen LogP contribution in [0.25, 0.3) is 0 Å². The number of nitrogens with one attached hydrogen (secondary N) is 1. The van der Waals surface area contributed by atoms with E-state index in [-0.39, 0.29) is 6.10 Å². The predicted molar refractivity (Wildman–Crippen MR) is 116 cm³/mol. The summed E-state index contributed by atoms with van der Waals surface area (Å²) in [4.78, 5) is 4.14. The molecule has 0 fully saturated rings. The average Bonchev–Trinajstić information content (AvgIpc) is 3.22. The van der Waals surface area contributed by atoms with Crippen molar-refractivity contribution >= 4 is 17.3 Å². The van der Waals surface area contributed by atoms with Crippen molar-refractivity contribution in [2.45, 2.75) is 45.3 Å². The topological polar surface area (TPSA) is 39.1 Å². The summed E-state index contributed by atoms with van der Waals surface area (Å²) in [6.45, 7) is 3.97. The number of aromatic nitrogens is 2. The third-order valence-corrected chi connectivity index (χ3v) is 4.91. The normalized spacial score (nSPS) is 11.9. The summed E-state index contributed by atoms with van der Waals surface area (Å²) in [6, 6.07) is 16.3. The van der Waals surface area contributed by atoms with E-state index in [1.807, 2.05) is 36.8 Å². The smallest absolute Gasteiger partial charge is 0.119 e. The van der Waals surface area contributed by atoms with Crippen LogP contribution < -0.4 is 10.1 Å². The van der Waals surface area contributed by atoms with Crippen LogP contribution in [0.4, 0.5) is 5.69 Å². The Morgan fingerprint density at radius 2 is 1.89 bits per heavy atom. The van der Waals surface area contributed by atoms with Crippen LogP contribution in [0.5, 0.6) is 5.75 Å². The number of nitrogens with zero attached hydrogens (tertiary/aromatic N) is 2. The summed E-state index contributed by atoms with van der Waals surface area (Å²) < 4.78 is 8.37. The van der Waals surface area contributed by atoms with Gasteiger partial charge >= 0.3 is 0 Å². The third kappa shape index (κ3) is 6.61. The number of benzene rings is 2. The molecule has 1 atom stereocenters. The highest BCUT2D eigenvalue weighted by atomic mass is 35.5. The lowest BCUT2D eigenvalue weighted by Crippen LogP contribution is -2.23. The van der Waals surface area contributed by atoms with Crippen molar-refractivity contribution in [1.29, 1.82) is 0 Å². The second-order valence-electron chi connectivity index (χ2n) is 6.97. The van der Waals surface area contributed by atoms with Crippen LogP contribution in [0.15, 0.2) is 67.3 Å². The number of unbranched alkanes of at least 4 members (excludes halogenated alkanes) is 1. The summed E-state index contributed by atoms with van der Waals surface area (Å²) >= 11 is 5.99. The van der Waals surface area contributed by atoms with Crippen LogP contribution in [0.2, 0.25) is 5.02 Å². The highest BCUT2D eigenvalue weighted by Crippen LogP contribution is 2.20. The molecule has 4 nitrogen and oxygen atoms in total. The van der Waals surface area contributed by atoms with Crippen molar-refractivity contribution in [1.82, 2.24) is 9.55 Å². The fourth-order valence-corrected chi connectivity index (χ4v) is 3.18. The van der Waals surface area contributed by atoms with Crippen molar-refractivity contribution in [3.8, 4) is 5.75 Å². The highest BCUT2D eigenvalue weighted by Gasteiger charge is 2.12. The van der Waals surface area contributed by atoms with Crippen LogP contribution in [-0.2, 0) is 13.0 Å². The Balaban J connectivity index is 1.60. The van der Waals surface area contributed by atoms with E-state index in [1.165, 1.54) is 18.4 Å². The number of hydrogen-bond donors (Lipinski definition) is 1. The number of ether oxygens (including phenoxy) is 1. The standard InChI is InChI=1S/C23H28ClN3O/c1-2-3-14-26-21-9-12-22(13-10-21)28-23(17-27-16-15-25-18-27)11-6-19-4-7-20(24)8-5-19/h4-5,7-10,12-13,15-16,18,23,26H,2-3,6,11,14,17H2,1H3. The average molecular weight is 398 g/mol. The largest absolute Gasteiger partial charge is 0.489 e. The molecule has 3 rings (SSSR count). The summed E-state index contributed by atoms with van der Waals surface area (Å²) in [5.74, 6) is 0.891. The number of imidazole rings is 1. The molecule has 0 spiro atoms. The van der Waals surface area contributed by atoms with E-state index in [0.717, 1.165) is 42.4 Å². The van der Waals surface area contributed by atoms with E-state index >= 15 is 0 Å². The summed E-state index contributed by atoms with van der Waals surface area (Å²) in [5, 5.41) is 4.20. The summed E-state index contributed by atoms with van der Waals surface area (Å²) in [5.41, 5.74) is 2.40. The van der Waals surface area contributed by atoms with Gasteiger partial charge in [-0.25, -0.2) is 4.98 Å². The zero-order valence-electron chi connectivity index (χ0n) is 16.4. The first-order valence-electron chi connectivity index (χ1n) is 9.93. The van der Waals surface area contributed by atoms with E-state index < -0.39 is 0 Å². The molecule has 1 N–H and O–H groups in total. The van der Waals surface area contributed by atoms with Gasteiger partial charge in [-0.3, -0.25) is 0 Å². The lowest BCUT2D eigenvalue weighted by Gasteiger charge is -2.20. The zero-order chi connectivity index (χ0) is 19.6. The predicted octanol–water partition coefficient (Wildman–Crippen LogP) is 5.83. The molecule has 3 aromatic rings. The molecule has 0 aliphatic rings. The van der Waals surface area contributed by atoms with Crippen molar-refractivity contribution in [2.75, 3.05) is 11.9 Å². The van der Waals surface area contributed by atoms with E-state index in [2.05, 4.69) is 46.1 Å². The highest BCUT2D eigenvalue weighted by molar-refractivity contribution is 6.30. The Morgan fingerprint density at radius 3 is 2.57 bits per heavy atom. The summed E-state index contributed by atoms with van der Waals surface area (Å²) in [7, 11) is 0. The molecule has 28 heavy (non-hydrogen) atoms. The molecule has 0 bridgehead atoms. The fraction of sp³-hybridized carbons (Fsp3) is 0.348. The van der Waals surface area contributed by atoms with Gasteiger partial charge in [0.2, 0.25) is 0 Å². The first kappa shape index (κ1) is 20.3. The van der Waals surface area contributed by atoms with Crippen LogP contribution >= 0.6 is 11.6 Å². The minimum Gasteiger partial charge on any atom is -0.489 e. The minimum absolute atomic E-state index is 0.0591. The zero-order valence-corrected chi connectivity index (χ0v) is 17.1. The Labute approximate surface area is 172 Å². The molecule has 1 aromatic heterocycles. The Hall–Kier alpha value is -2.46. The Bertz CT molecular complexity index is 801. The molecule has 148 valence electrons. The molecule has 0 aliphatic heterocycles. The quantitative estimate of drug-likeness (QED) is 0.414. The van der Waals surface area contributed by atoms with Crippen LogP contribution in [0, 0.1) is 0 Å². The Kier molecular flexibility index (Phi) is 7.80. The monoisotopic (exact) mass is 397 g/mol. The molecule has 0 saturated carbocycles. The number of anilines is 1. The maximum absolute atomic E-state index is 6.31. The number of halogens is 1. The van der Waals surface area contributed by atoms with Gasteiger partial charge in [-0.2, -0.15) is 0 Å². The van der Waals surface area contributed by atoms with Gasteiger partial charge in [-0.1, -0.05) is 37.1 Å².